The number of anilines is 1. The summed E-state index contributed by atoms with van der Waals surface area (Å²) in [7, 11) is 0. The van der Waals surface area contributed by atoms with Crippen LogP contribution in [0, 0.1) is 5.92 Å². The fourth-order valence-corrected chi connectivity index (χ4v) is 2.83. The molecule has 2 aromatic rings. The lowest BCUT2D eigenvalue weighted by molar-refractivity contribution is 0.486. The largest absolute Gasteiger partial charge is 0.371 e. The van der Waals surface area contributed by atoms with Crippen LogP contribution in [-0.2, 0) is 6.54 Å². The fourth-order valence-electron chi connectivity index (χ4n) is 2.83. The van der Waals surface area contributed by atoms with E-state index in [0.717, 1.165) is 30.2 Å². The van der Waals surface area contributed by atoms with E-state index in [1.807, 2.05) is 6.07 Å². The molecular formula is C18H27N3. The van der Waals surface area contributed by atoms with Gasteiger partial charge in [0.2, 0.25) is 0 Å². The molecule has 0 aliphatic heterocycles. The van der Waals surface area contributed by atoms with Crippen molar-refractivity contribution in [1.82, 2.24) is 4.98 Å². The second kappa shape index (κ2) is 7.41. The molecule has 0 aliphatic carbocycles. The molecule has 0 bridgehead atoms. The number of hydrogen-bond donors (Lipinski definition) is 1. The molecule has 0 aliphatic rings. The van der Waals surface area contributed by atoms with Gasteiger partial charge in [0.05, 0.1) is 11.2 Å². The Labute approximate surface area is 128 Å². The zero-order valence-electron chi connectivity index (χ0n) is 13.5. The number of para-hydroxylation sites is 1. The van der Waals surface area contributed by atoms with Crippen LogP contribution >= 0.6 is 0 Å². The summed E-state index contributed by atoms with van der Waals surface area (Å²) in [6.45, 7) is 9.37. The molecule has 0 radical (unpaired) electrons. The van der Waals surface area contributed by atoms with Crippen molar-refractivity contribution in [2.75, 3.05) is 18.0 Å². The number of aromatic nitrogens is 1. The van der Waals surface area contributed by atoms with Crippen molar-refractivity contribution >= 4 is 16.6 Å². The summed E-state index contributed by atoms with van der Waals surface area (Å²) in [5, 5.41) is 1.22. The molecule has 0 unspecified atom stereocenters. The molecule has 114 valence electrons. The van der Waals surface area contributed by atoms with Gasteiger partial charge >= 0.3 is 0 Å². The summed E-state index contributed by atoms with van der Waals surface area (Å²) in [5.74, 6) is 0.734. The summed E-state index contributed by atoms with van der Waals surface area (Å²) in [5.41, 5.74) is 9.10. The van der Waals surface area contributed by atoms with Gasteiger partial charge in [-0.3, -0.25) is 4.98 Å². The SMILES string of the molecule is CCC(CC)CN(CC)c1cc(CN)nc2ccccc12. The summed E-state index contributed by atoms with van der Waals surface area (Å²) >= 11 is 0. The van der Waals surface area contributed by atoms with E-state index < -0.39 is 0 Å². The summed E-state index contributed by atoms with van der Waals surface area (Å²) in [6, 6.07) is 10.5. The Morgan fingerprint density at radius 2 is 1.86 bits per heavy atom. The van der Waals surface area contributed by atoms with E-state index in [-0.39, 0.29) is 0 Å². The van der Waals surface area contributed by atoms with Crippen LogP contribution in [0.3, 0.4) is 0 Å². The van der Waals surface area contributed by atoms with Crippen molar-refractivity contribution in [3.05, 3.63) is 36.0 Å². The van der Waals surface area contributed by atoms with Gasteiger partial charge in [0.25, 0.3) is 0 Å². The maximum atomic E-state index is 5.82. The van der Waals surface area contributed by atoms with Crippen LogP contribution in [0.1, 0.15) is 39.3 Å². The highest BCUT2D eigenvalue weighted by molar-refractivity contribution is 5.92. The summed E-state index contributed by atoms with van der Waals surface area (Å²) in [4.78, 5) is 7.11. The van der Waals surface area contributed by atoms with Crippen LogP contribution in [0.4, 0.5) is 5.69 Å². The molecule has 3 heteroatoms. The number of fused-ring (bicyclic) bond motifs is 1. The van der Waals surface area contributed by atoms with E-state index in [1.165, 1.54) is 23.9 Å². The van der Waals surface area contributed by atoms with Crippen LogP contribution in [0.15, 0.2) is 30.3 Å². The molecule has 2 rings (SSSR count). The number of nitrogens with two attached hydrogens (primary N) is 1. The summed E-state index contributed by atoms with van der Waals surface area (Å²) in [6.07, 6.45) is 2.44. The van der Waals surface area contributed by atoms with Crippen molar-refractivity contribution in [3.63, 3.8) is 0 Å². The monoisotopic (exact) mass is 285 g/mol. The highest BCUT2D eigenvalue weighted by Gasteiger charge is 2.14. The van der Waals surface area contributed by atoms with E-state index in [4.69, 9.17) is 5.73 Å². The molecule has 3 nitrogen and oxygen atoms in total. The first-order valence-electron chi connectivity index (χ1n) is 8.07. The fraction of sp³-hybridized carbons (Fsp3) is 0.500. The topological polar surface area (TPSA) is 42.1 Å². The molecule has 0 spiro atoms. The maximum absolute atomic E-state index is 5.82. The Morgan fingerprint density at radius 3 is 2.48 bits per heavy atom. The van der Waals surface area contributed by atoms with E-state index in [0.29, 0.717) is 6.54 Å². The van der Waals surface area contributed by atoms with Gasteiger partial charge in [0.1, 0.15) is 0 Å². The van der Waals surface area contributed by atoms with Gasteiger partial charge in [-0.1, -0.05) is 44.9 Å². The molecular weight excluding hydrogens is 258 g/mol. The van der Waals surface area contributed by atoms with Crippen LogP contribution < -0.4 is 10.6 Å². The number of benzene rings is 1. The van der Waals surface area contributed by atoms with Crippen LogP contribution in [0.5, 0.6) is 0 Å². The normalized spacial score (nSPS) is 11.3. The third-order valence-electron chi connectivity index (χ3n) is 4.31. The lowest BCUT2D eigenvalue weighted by atomic mass is 10.0. The van der Waals surface area contributed by atoms with E-state index in [2.05, 4.69) is 54.9 Å². The Balaban J connectivity index is 2.46. The van der Waals surface area contributed by atoms with Crippen molar-refractivity contribution in [1.29, 1.82) is 0 Å². The van der Waals surface area contributed by atoms with Gasteiger partial charge in [-0.15, -0.1) is 0 Å². The van der Waals surface area contributed by atoms with Crippen molar-refractivity contribution < 1.29 is 0 Å². The first-order valence-corrected chi connectivity index (χ1v) is 8.07. The molecule has 1 aromatic carbocycles. The highest BCUT2D eigenvalue weighted by Crippen LogP contribution is 2.28. The molecule has 0 saturated carbocycles. The van der Waals surface area contributed by atoms with Gasteiger partial charge < -0.3 is 10.6 Å². The zero-order valence-corrected chi connectivity index (χ0v) is 13.5. The minimum absolute atomic E-state index is 0.486. The van der Waals surface area contributed by atoms with Crippen molar-refractivity contribution in [3.8, 4) is 0 Å². The second-order valence-electron chi connectivity index (χ2n) is 5.58. The molecule has 1 heterocycles. The molecule has 0 fully saturated rings. The number of nitrogens with zero attached hydrogens (tertiary/aromatic N) is 2. The van der Waals surface area contributed by atoms with Gasteiger partial charge in [-0.05, 0) is 25.0 Å². The van der Waals surface area contributed by atoms with E-state index in [1.54, 1.807) is 0 Å². The second-order valence-corrected chi connectivity index (χ2v) is 5.58. The lowest BCUT2D eigenvalue weighted by Crippen LogP contribution is -2.29. The van der Waals surface area contributed by atoms with Crippen LogP contribution in [0.2, 0.25) is 0 Å². The number of hydrogen-bond acceptors (Lipinski definition) is 3. The van der Waals surface area contributed by atoms with Gasteiger partial charge in [-0.2, -0.15) is 0 Å². The minimum atomic E-state index is 0.486. The molecule has 0 saturated heterocycles. The Morgan fingerprint density at radius 1 is 1.14 bits per heavy atom. The first kappa shape index (κ1) is 15.8. The minimum Gasteiger partial charge on any atom is -0.371 e. The third kappa shape index (κ3) is 3.53. The van der Waals surface area contributed by atoms with Gasteiger partial charge in [0.15, 0.2) is 0 Å². The van der Waals surface area contributed by atoms with Gasteiger partial charge in [0, 0.05) is 30.7 Å². The van der Waals surface area contributed by atoms with Crippen molar-refractivity contribution in [2.45, 2.75) is 40.2 Å². The highest BCUT2D eigenvalue weighted by atomic mass is 15.1. The van der Waals surface area contributed by atoms with E-state index in [9.17, 15) is 0 Å². The maximum Gasteiger partial charge on any atom is 0.0726 e. The molecule has 0 amide bonds. The van der Waals surface area contributed by atoms with Crippen LogP contribution in [-0.4, -0.2) is 18.1 Å². The molecule has 21 heavy (non-hydrogen) atoms. The van der Waals surface area contributed by atoms with Gasteiger partial charge in [-0.25, -0.2) is 0 Å². The third-order valence-corrected chi connectivity index (χ3v) is 4.31. The summed E-state index contributed by atoms with van der Waals surface area (Å²) < 4.78 is 0. The molecule has 0 atom stereocenters. The quantitative estimate of drug-likeness (QED) is 0.837. The van der Waals surface area contributed by atoms with Crippen molar-refractivity contribution in [2.24, 2.45) is 11.7 Å². The van der Waals surface area contributed by atoms with Crippen LogP contribution in [0.25, 0.3) is 10.9 Å². The number of pyridine rings is 1. The predicted octanol–water partition coefficient (Wildman–Crippen LogP) is 3.96. The Bertz CT molecular complexity index is 576. The lowest BCUT2D eigenvalue weighted by Gasteiger charge is -2.29. The smallest absolute Gasteiger partial charge is 0.0726 e. The number of rotatable bonds is 7. The zero-order chi connectivity index (χ0) is 15.2. The average Bonchev–Trinajstić information content (AvgIpc) is 2.55. The Kier molecular flexibility index (Phi) is 5.57. The standard InChI is InChI=1S/C18H27N3/c1-4-14(5-2)13-21(6-3)18-11-15(12-19)20-17-10-8-7-9-16(17)18/h7-11,14H,4-6,12-13,19H2,1-3H3. The molecule has 1 aromatic heterocycles. The average molecular weight is 285 g/mol. The van der Waals surface area contributed by atoms with E-state index >= 15 is 0 Å². The molecule has 2 N–H and O–H groups in total. The Hall–Kier alpha value is -1.61. The first-order chi connectivity index (χ1) is 10.2. The predicted molar refractivity (Wildman–Crippen MR) is 91.6 cm³/mol.